The number of halogens is 1. The molecule has 0 saturated carbocycles. The van der Waals surface area contributed by atoms with Crippen molar-refractivity contribution in [3.63, 3.8) is 0 Å². The summed E-state index contributed by atoms with van der Waals surface area (Å²) < 4.78 is 11.2. The summed E-state index contributed by atoms with van der Waals surface area (Å²) in [6, 6.07) is 0. The van der Waals surface area contributed by atoms with Crippen LogP contribution in [0.1, 0.15) is 30.5 Å². The highest BCUT2D eigenvalue weighted by atomic mass is 127. The lowest BCUT2D eigenvalue weighted by atomic mass is 9.94. The topological polar surface area (TPSA) is 59.0 Å². The number of ether oxygens (including phenoxy) is 2. The molecule has 2 heterocycles. The third kappa shape index (κ3) is 6.12. The zero-order valence-corrected chi connectivity index (χ0v) is 18.1. The van der Waals surface area contributed by atoms with Gasteiger partial charge in [0.15, 0.2) is 5.96 Å². The Labute approximate surface area is 166 Å². The molecule has 0 aliphatic carbocycles. The molecule has 1 N–H and O–H groups in total. The second-order valence-corrected chi connectivity index (χ2v) is 6.95. The summed E-state index contributed by atoms with van der Waals surface area (Å²) in [4.78, 5) is 11.4. The molecule has 138 valence electrons. The predicted molar refractivity (Wildman–Crippen MR) is 110 cm³/mol. The van der Waals surface area contributed by atoms with E-state index in [-0.39, 0.29) is 29.6 Å². The molecule has 0 atom stereocenters. The molecule has 1 aromatic rings. The van der Waals surface area contributed by atoms with E-state index in [4.69, 9.17) is 14.5 Å². The second kappa shape index (κ2) is 10.5. The van der Waals surface area contributed by atoms with Crippen LogP contribution in [0.4, 0.5) is 0 Å². The van der Waals surface area contributed by atoms with Gasteiger partial charge in [0.1, 0.15) is 0 Å². The molecule has 0 radical (unpaired) electrons. The molecule has 6 nitrogen and oxygen atoms in total. The minimum absolute atomic E-state index is 0. The molecule has 0 unspecified atom stereocenters. The number of hydrogen-bond acceptors (Lipinski definition) is 5. The first-order valence-electron chi connectivity index (χ1n) is 8.12. The normalized spacial score (nSPS) is 17.2. The van der Waals surface area contributed by atoms with Crippen LogP contribution >= 0.6 is 35.3 Å². The minimum atomic E-state index is -0.197. The number of aromatic nitrogens is 1. The molecule has 1 aliphatic rings. The van der Waals surface area contributed by atoms with Crippen molar-refractivity contribution in [3.05, 3.63) is 16.1 Å². The van der Waals surface area contributed by atoms with Crippen molar-refractivity contribution in [2.24, 2.45) is 4.99 Å². The van der Waals surface area contributed by atoms with Crippen molar-refractivity contribution >= 4 is 41.3 Å². The van der Waals surface area contributed by atoms with Gasteiger partial charge in [-0.3, -0.25) is 4.99 Å². The summed E-state index contributed by atoms with van der Waals surface area (Å²) in [6.45, 7) is 7.83. The lowest BCUT2D eigenvalue weighted by molar-refractivity contribution is -0.0829. The summed E-state index contributed by atoms with van der Waals surface area (Å²) in [6.07, 6.45) is 1.78. The molecule has 0 aromatic carbocycles. The second-order valence-electron chi connectivity index (χ2n) is 5.88. The lowest BCUT2D eigenvalue weighted by Crippen LogP contribution is -2.44. The van der Waals surface area contributed by atoms with Crippen molar-refractivity contribution < 1.29 is 9.47 Å². The molecule has 8 heteroatoms. The van der Waals surface area contributed by atoms with Gasteiger partial charge in [0.05, 0.1) is 29.4 Å². The number of hydrogen-bond donors (Lipinski definition) is 1. The average molecular weight is 468 g/mol. The standard InChI is InChI=1S/C16H28N4O2S.HI/c1-5-17-15(20(3)10-14-11-23-13(2)19-14)18-12-16(21-4)6-8-22-9-7-16;/h11H,5-10,12H2,1-4H3,(H,17,18);1H. The Hall–Kier alpha value is -0.450. The number of nitrogens with one attached hydrogen (secondary N) is 1. The number of aryl methyl sites for hydroxylation is 1. The van der Waals surface area contributed by atoms with Crippen LogP contribution < -0.4 is 5.32 Å². The Bertz CT molecular complexity index is 518. The zero-order chi connectivity index (χ0) is 16.7. The molecular weight excluding hydrogens is 439 g/mol. The molecule has 2 rings (SSSR count). The van der Waals surface area contributed by atoms with E-state index in [0.717, 1.165) is 55.8 Å². The molecule has 1 aromatic heterocycles. The van der Waals surface area contributed by atoms with Gasteiger partial charge < -0.3 is 19.7 Å². The fourth-order valence-electron chi connectivity index (χ4n) is 2.66. The first-order valence-corrected chi connectivity index (χ1v) is 9.00. The molecule has 0 amide bonds. The largest absolute Gasteiger partial charge is 0.381 e. The van der Waals surface area contributed by atoms with Crippen molar-refractivity contribution in [2.75, 3.05) is 40.5 Å². The van der Waals surface area contributed by atoms with Gasteiger partial charge in [-0.05, 0) is 13.8 Å². The maximum absolute atomic E-state index is 5.76. The Balaban J connectivity index is 0.00000288. The van der Waals surface area contributed by atoms with Gasteiger partial charge in [-0.25, -0.2) is 4.98 Å². The highest BCUT2D eigenvalue weighted by molar-refractivity contribution is 14.0. The van der Waals surface area contributed by atoms with Crippen LogP contribution in [-0.2, 0) is 16.0 Å². The molecule has 1 aliphatic heterocycles. The van der Waals surface area contributed by atoms with Gasteiger partial charge in [0.25, 0.3) is 0 Å². The van der Waals surface area contributed by atoms with Crippen molar-refractivity contribution in [1.82, 2.24) is 15.2 Å². The van der Waals surface area contributed by atoms with Crippen LogP contribution in [0.3, 0.4) is 0 Å². The highest BCUT2D eigenvalue weighted by Crippen LogP contribution is 2.24. The third-order valence-electron chi connectivity index (χ3n) is 4.12. The van der Waals surface area contributed by atoms with Crippen LogP contribution in [0.25, 0.3) is 0 Å². The fourth-order valence-corrected chi connectivity index (χ4v) is 3.26. The lowest BCUT2D eigenvalue weighted by Gasteiger charge is -2.35. The van der Waals surface area contributed by atoms with Gasteiger partial charge in [-0.1, -0.05) is 0 Å². The number of nitrogens with zero attached hydrogens (tertiary/aromatic N) is 3. The number of guanidine groups is 1. The molecule has 1 saturated heterocycles. The quantitative estimate of drug-likeness (QED) is 0.395. The molecule has 24 heavy (non-hydrogen) atoms. The van der Waals surface area contributed by atoms with Crippen LogP contribution in [0.2, 0.25) is 0 Å². The summed E-state index contributed by atoms with van der Waals surface area (Å²) in [5, 5.41) is 6.55. The van der Waals surface area contributed by atoms with Crippen LogP contribution in [0.5, 0.6) is 0 Å². The van der Waals surface area contributed by atoms with Crippen LogP contribution in [-0.4, -0.2) is 61.9 Å². The number of aliphatic imine (C=N–C) groups is 1. The molecule has 0 spiro atoms. The Kier molecular flexibility index (Phi) is 9.47. The van der Waals surface area contributed by atoms with E-state index in [1.54, 1.807) is 18.4 Å². The number of methoxy groups -OCH3 is 1. The van der Waals surface area contributed by atoms with E-state index >= 15 is 0 Å². The van der Waals surface area contributed by atoms with Crippen LogP contribution in [0.15, 0.2) is 10.4 Å². The van der Waals surface area contributed by atoms with E-state index in [1.165, 1.54) is 0 Å². The van der Waals surface area contributed by atoms with E-state index in [2.05, 4.69) is 27.5 Å². The first-order chi connectivity index (χ1) is 11.1. The maximum atomic E-state index is 5.76. The Morgan fingerprint density at radius 3 is 2.75 bits per heavy atom. The summed E-state index contributed by atoms with van der Waals surface area (Å²) in [5.41, 5.74) is 0.880. The summed E-state index contributed by atoms with van der Waals surface area (Å²) in [5.74, 6) is 0.890. The van der Waals surface area contributed by atoms with E-state index in [9.17, 15) is 0 Å². The van der Waals surface area contributed by atoms with Crippen LogP contribution in [0, 0.1) is 6.92 Å². The summed E-state index contributed by atoms with van der Waals surface area (Å²) in [7, 11) is 3.81. The number of rotatable bonds is 6. The van der Waals surface area contributed by atoms with Gasteiger partial charge >= 0.3 is 0 Å². The van der Waals surface area contributed by atoms with Gasteiger partial charge in [0.2, 0.25) is 0 Å². The predicted octanol–water partition coefficient (Wildman–Crippen LogP) is 2.66. The van der Waals surface area contributed by atoms with Gasteiger partial charge in [-0.2, -0.15) is 0 Å². The minimum Gasteiger partial charge on any atom is -0.381 e. The third-order valence-corrected chi connectivity index (χ3v) is 4.94. The Morgan fingerprint density at radius 2 is 2.21 bits per heavy atom. The molecular formula is C16H29IN4O2S. The molecule has 1 fully saturated rings. The fraction of sp³-hybridized carbons (Fsp3) is 0.750. The van der Waals surface area contributed by atoms with Crippen molar-refractivity contribution in [3.8, 4) is 0 Å². The van der Waals surface area contributed by atoms with Gasteiger partial charge in [-0.15, -0.1) is 35.3 Å². The maximum Gasteiger partial charge on any atom is 0.194 e. The van der Waals surface area contributed by atoms with E-state index < -0.39 is 0 Å². The zero-order valence-electron chi connectivity index (χ0n) is 15.0. The number of thiazole rings is 1. The SMILES string of the molecule is CCNC(=NCC1(OC)CCOCC1)N(C)Cc1csc(C)n1.I. The van der Waals surface area contributed by atoms with Gasteiger partial charge in [0, 0.05) is 52.1 Å². The Morgan fingerprint density at radius 1 is 1.50 bits per heavy atom. The smallest absolute Gasteiger partial charge is 0.194 e. The van der Waals surface area contributed by atoms with E-state index in [1.807, 2.05) is 14.0 Å². The van der Waals surface area contributed by atoms with Crippen molar-refractivity contribution in [1.29, 1.82) is 0 Å². The summed E-state index contributed by atoms with van der Waals surface area (Å²) >= 11 is 1.68. The monoisotopic (exact) mass is 468 g/mol. The highest BCUT2D eigenvalue weighted by Gasteiger charge is 2.32. The van der Waals surface area contributed by atoms with E-state index in [0.29, 0.717) is 6.54 Å². The molecule has 0 bridgehead atoms. The average Bonchev–Trinajstić information content (AvgIpc) is 2.97. The van der Waals surface area contributed by atoms with Crippen molar-refractivity contribution in [2.45, 2.75) is 38.8 Å². The first kappa shape index (κ1) is 21.6.